The van der Waals surface area contributed by atoms with Gasteiger partial charge in [-0.3, -0.25) is 4.79 Å². The molecule has 8 nitrogen and oxygen atoms in total. The molecule has 0 aromatic heterocycles. The van der Waals surface area contributed by atoms with Crippen molar-refractivity contribution >= 4 is 26.0 Å². The van der Waals surface area contributed by atoms with Crippen molar-refractivity contribution in [2.75, 3.05) is 18.1 Å². The van der Waals surface area contributed by atoms with Crippen LogP contribution >= 0.6 is 0 Å². The number of hydrogen-bond donors (Lipinski definition) is 1. The van der Waals surface area contributed by atoms with Crippen molar-refractivity contribution in [2.45, 2.75) is 19.8 Å². The van der Waals surface area contributed by atoms with E-state index in [-0.39, 0.29) is 47.6 Å². The first-order valence-electron chi connectivity index (χ1n) is 7.41. The molecule has 1 aromatic carbocycles. The van der Waals surface area contributed by atoms with Gasteiger partial charge in [0.25, 0.3) is 0 Å². The molecular weight excluding hydrogens is 391 g/mol. The van der Waals surface area contributed by atoms with Crippen molar-refractivity contribution in [3.63, 3.8) is 0 Å². The van der Waals surface area contributed by atoms with E-state index in [0.29, 0.717) is 18.5 Å². The number of nitrogens with one attached hydrogen (secondary N) is 2. The largest absolute Gasteiger partial charge is 1.00 e. The molecule has 0 radical (unpaired) electrons. The molecule has 0 atom stereocenters. The summed E-state index contributed by atoms with van der Waals surface area (Å²) in [5, 5.41) is 9.38. The average Bonchev–Trinajstić information content (AvgIpc) is 2.46. The van der Waals surface area contributed by atoms with Crippen molar-refractivity contribution in [2.24, 2.45) is 0 Å². The van der Waals surface area contributed by atoms with Crippen LogP contribution in [0.1, 0.15) is 18.9 Å². The second kappa shape index (κ2) is 11.1. The number of benzene rings is 1. The van der Waals surface area contributed by atoms with E-state index in [1.165, 1.54) is 12.1 Å². The fourth-order valence-corrected chi connectivity index (χ4v) is 3.49. The summed E-state index contributed by atoms with van der Waals surface area (Å²) in [5.41, 5.74) is 1.30. The van der Waals surface area contributed by atoms with Crippen molar-refractivity contribution in [1.82, 2.24) is 5.32 Å². The molecule has 0 aliphatic heterocycles. The van der Waals surface area contributed by atoms with Gasteiger partial charge in [-0.15, -0.1) is 0 Å². The first kappa shape index (κ1) is 25.1. The van der Waals surface area contributed by atoms with Gasteiger partial charge in [0.1, 0.15) is 5.75 Å². The van der Waals surface area contributed by atoms with E-state index in [4.69, 9.17) is 9.32 Å². The van der Waals surface area contributed by atoms with Crippen LogP contribution in [0.15, 0.2) is 36.4 Å². The van der Waals surface area contributed by atoms with Crippen LogP contribution in [0.25, 0.3) is 5.14 Å². The van der Waals surface area contributed by atoms with Gasteiger partial charge in [-0.25, -0.2) is 8.42 Å². The molecule has 11 heteroatoms. The Morgan fingerprint density at radius 2 is 1.73 bits per heavy atom. The summed E-state index contributed by atoms with van der Waals surface area (Å²) in [7, 11) is -7.87. The number of carbonyl (C=O) groups is 1. The minimum atomic E-state index is -3.95. The summed E-state index contributed by atoms with van der Waals surface area (Å²) < 4.78 is 49.7. The first-order valence-corrected chi connectivity index (χ1v) is 10.6. The zero-order chi connectivity index (χ0) is 19.1. The predicted molar refractivity (Wildman–Crippen MR) is 95.1 cm³/mol. The molecule has 1 amide bonds. The maximum atomic E-state index is 11.7. The third kappa shape index (κ3) is 10.9. The fraction of sp³-hybridized carbons (Fsp3) is 0.400. The summed E-state index contributed by atoms with van der Waals surface area (Å²) in [6.07, 6.45) is 0.363. The third-order valence-corrected chi connectivity index (χ3v) is 5.10. The molecule has 0 heterocycles. The molecule has 0 unspecified atom stereocenters. The van der Waals surface area contributed by atoms with Crippen molar-refractivity contribution in [3.05, 3.63) is 47.1 Å². The van der Waals surface area contributed by atoms with Crippen LogP contribution in [0, 0.1) is 0 Å². The molecule has 0 aliphatic rings. The Balaban J connectivity index is 0.00000625. The van der Waals surface area contributed by atoms with Crippen LogP contribution in [0.2, 0.25) is 0 Å². The standard InChI is InChI=1S/C15H22N2O6S2.Na/c1-12(2)15(18)17-9-8-13-4-6-14(7-5-13)23-25(21,22)11-3-10-24(16,19)20;/h4-7H,1,3,8-11H2,2H3,(H3,16,17,18,19,20);/q;+1/p-1. The number of carbonyl (C=O) groups excluding carboxylic acids is 1. The molecule has 0 aliphatic carbocycles. The van der Waals surface area contributed by atoms with E-state index in [2.05, 4.69) is 11.9 Å². The Labute approximate surface area is 176 Å². The summed E-state index contributed by atoms with van der Waals surface area (Å²) in [5.74, 6) is -1.13. The zero-order valence-corrected chi connectivity index (χ0v) is 18.5. The molecule has 26 heavy (non-hydrogen) atoms. The number of amides is 1. The second-order valence-electron chi connectivity index (χ2n) is 5.45. The van der Waals surface area contributed by atoms with E-state index in [9.17, 15) is 21.6 Å². The fourth-order valence-electron chi connectivity index (χ4n) is 1.80. The quantitative estimate of drug-likeness (QED) is 0.280. The molecule has 2 N–H and O–H groups in total. The van der Waals surface area contributed by atoms with Crippen molar-refractivity contribution in [3.8, 4) is 5.75 Å². The van der Waals surface area contributed by atoms with Crippen LogP contribution in [-0.2, 0) is 31.4 Å². The zero-order valence-electron chi connectivity index (χ0n) is 14.8. The Hall–Kier alpha value is -0.910. The summed E-state index contributed by atoms with van der Waals surface area (Å²) in [4.78, 5) is 11.3. The summed E-state index contributed by atoms with van der Waals surface area (Å²) >= 11 is 0. The molecule has 0 fully saturated rings. The predicted octanol–water partition coefficient (Wildman–Crippen LogP) is -1.59. The third-order valence-electron chi connectivity index (χ3n) is 3.04. The van der Waals surface area contributed by atoms with E-state index >= 15 is 0 Å². The van der Waals surface area contributed by atoms with E-state index in [1.807, 2.05) is 0 Å². The van der Waals surface area contributed by atoms with E-state index in [0.717, 1.165) is 5.56 Å². The first-order chi connectivity index (χ1) is 11.5. The topological polar surface area (TPSA) is 130 Å². The van der Waals surface area contributed by atoms with Gasteiger partial charge in [-0.2, -0.15) is 8.42 Å². The van der Waals surface area contributed by atoms with E-state index < -0.39 is 31.6 Å². The van der Waals surface area contributed by atoms with Gasteiger partial charge in [0.15, 0.2) is 0 Å². The van der Waals surface area contributed by atoms with Crippen molar-refractivity contribution < 1.29 is 55.4 Å². The molecule has 0 bridgehead atoms. The van der Waals surface area contributed by atoms with Crippen LogP contribution in [0.3, 0.4) is 0 Å². The van der Waals surface area contributed by atoms with E-state index in [1.54, 1.807) is 19.1 Å². The van der Waals surface area contributed by atoms with Crippen LogP contribution < -0.4 is 39.1 Å². The average molecular weight is 412 g/mol. The van der Waals surface area contributed by atoms with Crippen molar-refractivity contribution in [1.29, 1.82) is 0 Å². The summed E-state index contributed by atoms with van der Waals surface area (Å²) in [6, 6.07) is 6.31. The minimum absolute atomic E-state index is 0. The maximum absolute atomic E-state index is 11.7. The van der Waals surface area contributed by atoms with Gasteiger partial charge in [0.2, 0.25) is 5.91 Å². The Morgan fingerprint density at radius 3 is 2.23 bits per heavy atom. The smallest absolute Gasteiger partial charge is 0.564 e. The van der Waals surface area contributed by atoms with Gasteiger partial charge in [0.05, 0.1) is 15.8 Å². The molecule has 1 aromatic rings. The molecule has 0 saturated carbocycles. The van der Waals surface area contributed by atoms with Gasteiger partial charge in [-0.05, 0) is 37.5 Å². The molecule has 1 rings (SSSR count). The normalized spacial score (nSPS) is 11.3. The number of sulfonamides is 1. The number of rotatable bonds is 10. The maximum Gasteiger partial charge on any atom is 1.00 e. The number of hydrogen-bond acceptors (Lipinski definition) is 6. The second-order valence-corrected chi connectivity index (χ2v) is 8.78. The molecule has 0 saturated heterocycles. The van der Waals surface area contributed by atoms with Crippen LogP contribution in [-0.4, -0.2) is 40.8 Å². The SMILES string of the molecule is C=C(C)C(=O)NCCc1ccc(OS(=O)(=O)CCCS([NH-])(=O)=O)cc1.[Na+]. The Bertz CT molecular complexity index is 820. The van der Waals surface area contributed by atoms with Crippen LogP contribution in [0.4, 0.5) is 0 Å². The summed E-state index contributed by atoms with van der Waals surface area (Å²) in [6.45, 7) is 5.57. The van der Waals surface area contributed by atoms with Gasteiger partial charge in [-0.1, -0.05) is 18.7 Å². The Kier molecular flexibility index (Phi) is 10.7. The molecule has 140 valence electrons. The van der Waals surface area contributed by atoms with Gasteiger partial charge >= 0.3 is 39.7 Å². The Morgan fingerprint density at radius 1 is 1.15 bits per heavy atom. The monoisotopic (exact) mass is 412 g/mol. The van der Waals surface area contributed by atoms with Crippen LogP contribution in [0.5, 0.6) is 5.75 Å². The van der Waals surface area contributed by atoms with Gasteiger partial charge < -0.3 is 14.6 Å². The molecule has 0 spiro atoms. The minimum Gasteiger partial charge on any atom is -0.564 e. The van der Waals surface area contributed by atoms with Gasteiger partial charge in [0, 0.05) is 17.9 Å². The molecular formula is C15H21N2NaO6S2.